The molecule has 1 heterocycles. The van der Waals surface area contributed by atoms with Gasteiger partial charge in [-0.1, -0.05) is 12.1 Å². The molecule has 39 heavy (non-hydrogen) atoms. The van der Waals surface area contributed by atoms with Gasteiger partial charge in [-0.15, -0.1) is 0 Å². The molecule has 0 bridgehead atoms. The molecule has 9 heteroatoms. The zero-order valence-corrected chi connectivity index (χ0v) is 23.0. The summed E-state index contributed by atoms with van der Waals surface area (Å²) >= 11 is 0. The fourth-order valence-corrected chi connectivity index (χ4v) is 4.04. The van der Waals surface area contributed by atoms with Crippen molar-refractivity contribution < 1.29 is 28.5 Å². The lowest BCUT2D eigenvalue weighted by molar-refractivity contribution is 0.0520. The predicted molar refractivity (Wildman–Crippen MR) is 150 cm³/mol. The van der Waals surface area contributed by atoms with Crippen LogP contribution in [-0.4, -0.2) is 56.1 Å². The molecule has 3 aromatic carbocycles. The molecule has 0 spiro atoms. The van der Waals surface area contributed by atoms with E-state index < -0.39 is 11.7 Å². The number of aromatic nitrogens is 2. The Bertz CT molecular complexity index is 1470. The minimum absolute atomic E-state index is 0.250. The number of rotatable bonds is 9. The number of benzene rings is 3. The summed E-state index contributed by atoms with van der Waals surface area (Å²) in [6.07, 6.45) is 1.06. The molecule has 4 rings (SSSR count). The van der Waals surface area contributed by atoms with Crippen LogP contribution in [0.25, 0.3) is 33.3 Å². The SMILES string of the molecule is COc1ccc(-c2ccc3ncnc(-c4ccc(OCCNC(=O)OC(C)(C)C)c(OC)c4)c3c2)cc1OC. The van der Waals surface area contributed by atoms with E-state index in [1.165, 1.54) is 0 Å². The summed E-state index contributed by atoms with van der Waals surface area (Å²) in [7, 11) is 4.81. The zero-order valence-electron chi connectivity index (χ0n) is 23.0. The first kappa shape index (κ1) is 27.5. The summed E-state index contributed by atoms with van der Waals surface area (Å²) < 4.78 is 27.5. The fourth-order valence-electron chi connectivity index (χ4n) is 4.04. The lowest BCUT2D eigenvalue weighted by Crippen LogP contribution is -2.34. The Morgan fingerprint density at radius 3 is 2.10 bits per heavy atom. The Morgan fingerprint density at radius 2 is 1.38 bits per heavy atom. The Labute approximate surface area is 228 Å². The van der Waals surface area contributed by atoms with Crippen molar-refractivity contribution in [1.29, 1.82) is 0 Å². The van der Waals surface area contributed by atoms with Crippen LogP contribution in [0.1, 0.15) is 20.8 Å². The van der Waals surface area contributed by atoms with Crippen molar-refractivity contribution >= 4 is 17.0 Å². The largest absolute Gasteiger partial charge is 0.493 e. The summed E-state index contributed by atoms with van der Waals surface area (Å²) in [5.74, 6) is 2.42. The number of fused-ring (bicyclic) bond motifs is 1. The van der Waals surface area contributed by atoms with Crippen molar-refractivity contribution in [3.8, 4) is 45.4 Å². The Hall–Kier alpha value is -4.53. The van der Waals surface area contributed by atoms with Crippen molar-refractivity contribution in [2.75, 3.05) is 34.5 Å². The molecule has 9 nitrogen and oxygen atoms in total. The second kappa shape index (κ2) is 11.9. The molecular formula is C30H33N3O6. The van der Waals surface area contributed by atoms with E-state index in [9.17, 15) is 4.79 Å². The summed E-state index contributed by atoms with van der Waals surface area (Å²) in [4.78, 5) is 20.9. The zero-order chi connectivity index (χ0) is 28.0. The maximum atomic E-state index is 11.8. The number of ether oxygens (including phenoxy) is 5. The molecule has 204 valence electrons. The van der Waals surface area contributed by atoms with Crippen molar-refractivity contribution in [2.45, 2.75) is 26.4 Å². The van der Waals surface area contributed by atoms with Crippen molar-refractivity contribution in [2.24, 2.45) is 0 Å². The van der Waals surface area contributed by atoms with Crippen LogP contribution in [0.5, 0.6) is 23.0 Å². The van der Waals surface area contributed by atoms with Crippen LogP contribution in [0.4, 0.5) is 4.79 Å². The van der Waals surface area contributed by atoms with E-state index in [2.05, 4.69) is 21.4 Å². The number of methoxy groups -OCH3 is 3. The fraction of sp³-hybridized carbons (Fsp3) is 0.300. The van der Waals surface area contributed by atoms with Gasteiger partial charge < -0.3 is 29.0 Å². The van der Waals surface area contributed by atoms with Gasteiger partial charge in [-0.05, 0) is 74.4 Å². The lowest BCUT2D eigenvalue weighted by Gasteiger charge is -2.19. The maximum absolute atomic E-state index is 11.8. The van der Waals surface area contributed by atoms with E-state index in [1.807, 2.05) is 69.3 Å². The van der Waals surface area contributed by atoms with Crippen LogP contribution >= 0.6 is 0 Å². The number of amides is 1. The molecule has 0 radical (unpaired) electrons. The van der Waals surface area contributed by atoms with Gasteiger partial charge in [0.05, 0.1) is 39.1 Å². The highest BCUT2D eigenvalue weighted by Gasteiger charge is 2.16. The number of carbonyl (C=O) groups excluding carboxylic acids is 1. The number of carbonyl (C=O) groups is 1. The van der Waals surface area contributed by atoms with Gasteiger partial charge in [0.25, 0.3) is 0 Å². The average Bonchev–Trinajstić information content (AvgIpc) is 2.93. The Morgan fingerprint density at radius 1 is 0.769 bits per heavy atom. The van der Waals surface area contributed by atoms with Gasteiger partial charge in [0.1, 0.15) is 18.5 Å². The first-order valence-electron chi connectivity index (χ1n) is 12.5. The lowest BCUT2D eigenvalue weighted by atomic mass is 10.00. The van der Waals surface area contributed by atoms with Gasteiger partial charge in [0.15, 0.2) is 23.0 Å². The molecule has 0 aliphatic rings. The van der Waals surface area contributed by atoms with Gasteiger partial charge in [-0.25, -0.2) is 14.8 Å². The first-order valence-corrected chi connectivity index (χ1v) is 12.5. The highest BCUT2D eigenvalue weighted by Crippen LogP contribution is 2.37. The minimum Gasteiger partial charge on any atom is -0.493 e. The third-order valence-corrected chi connectivity index (χ3v) is 5.82. The summed E-state index contributed by atoms with van der Waals surface area (Å²) in [5, 5.41) is 3.57. The molecule has 4 aromatic rings. The topological polar surface area (TPSA) is 101 Å². The van der Waals surface area contributed by atoms with Crippen LogP contribution in [-0.2, 0) is 4.74 Å². The maximum Gasteiger partial charge on any atom is 0.407 e. The van der Waals surface area contributed by atoms with E-state index in [1.54, 1.807) is 27.7 Å². The summed E-state index contributed by atoms with van der Waals surface area (Å²) in [6, 6.07) is 17.5. The molecular weight excluding hydrogens is 498 g/mol. The van der Waals surface area contributed by atoms with Gasteiger partial charge in [-0.2, -0.15) is 0 Å². The van der Waals surface area contributed by atoms with Crippen molar-refractivity contribution in [3.05, 3.63) is 60.9 Å². The van der Waals surface area contributed by atoms with Crippen LogP contribution in [0.2, 0.25) is 0 Å². The highest BCUT2D eigenvalue weighted by atomic mass is 16.6. The van der Waals surface area contributed by atoms with Crippen LogP contribution < -0.4 is 24.3 Å². The Kier molecular flexibility index (Phi) is 8.39. The van der Waals surface area contributed by atoms with E-state index in [4.69, 9.17) is 23.7 Å². The molecule has 0 fully saturated rings. The van der Waals surface area contributed by atoms with Crippen LogP contribution in [0.15, 0.2) is 60.9 Å². The second-order valence-electron chi connectivity index (χ2n) is 9.67. The number of alkyl carbamates (subject to hydrolysis) is 1. The van der Waals surface area contributed by atoms with E-state index in [-0.39, 0.29) is 13.2 Å². The summed E-state index contributed by atoms with van der Waals surface area (Å²) in [5.41, 5.74) is 3.84. The minimum atomic E-state index is -0.558. The smallest absolute Gasteiger partial charge is 0.407 e. The average molecular weight is 532 g/mol. The normalized spacial score (nSPS) is 11.1. The molecule has 1 amide bonds. The predicted octanol–water partition coefficient (Wildman–Crippen LogP) is 5.89. The van der Waals surface area contributed by atoms with Gasteiger partial charge in [0, 0.05) is 10.9 Å². The third-order valence-electron chi connectivity index (χ3n) is 5.82. The van der Waals surface area contributed by atoms with Crippen molar-refractivity contribution in [1.82, 2.24) is 15.3 Å². The third kappa shape index (κ3) is 6.67. The molecule has 1 aromatic heterocycles. The number of hydrogen-bond acceptors (Lipinski definition) is 8. The number of hydrogen-bond donors (Lipinski definition) is 1. The number of nitrogens with zero attached hydrogens (tertiary/aromatic N) is 2. The molecule has 0 saturated carbocycles. The molecule has 1 N–H and O–H groups in total. The first-order chi connectivity index (χ1) is 18.7. The van der Waals surface area contributed by atoms with Crippen LogP contribution in [0, 0.1) is 0 Å². The standard InChI is InChI=1S/C30H33N3O6/c1-30(2,3)39-29(34)31-13-14-38-25-12-9-21(17-27(25)37-6)28-22-15-19(7-10-23(22)32-18-33-28)20-8-11-24(35-4)26(16-20)36-5/h7-12,15-18H,13-14H2,1-6H3,(H,31,34). The van der Waals surface area contributed by atoms with E-state index in [0.29, 0.717) is 23.0 Å². The molecule has 0 aliphatic heterocycles. The number of nitrogens with one attached hydrogen (secondary N) is 1. The quantitative estimate of drug-likeness (QED) is 0.267. The summed E-state index contributed by atoms with van der Waals surface area (Å²) in [6.45, 7) is 5.98. The molecule has 0 atom stereocenters. The van der Waals surface area contributed by atoms with Gasteiger partial charge >= 0.3 is 6.09 Å². The van der Waals surface area contributed by atoms with Crippen molar-refractivity contribution in [3.63, 3.8) is 0 Å². The van der Waals surface area contributed by atoms with Crippen LogP contribution in [0.3, 0.4) is 0 Å². The Balaban J connectivity index is 1.57. The second-order valence-corrected chi connectivity index (χ2v) is 9.67. The molecule has 0 unspecified atom stereocenters. The van der Waals surface area contributed by atoms with Gasteiger partial charge in [0.2, 0.25) is 0 Å². The van der Waals surface area contributed by atoms with E-state index >= 15 is 0 Å². The highest BCUT2D eigenvalue weighted by molar-refractivity contribution is 5.95. The van der Waals surface area contributed by atoms with Gasteiger partial charge in [-0.3, -0.25) is 0 Å². The molecule has 0 aliphatic carbocycles. The van der Waals surface area contributed by atoms with E-state index in [0.717, 1.165) is 33.3 Å². The molecule has 0 saturated heterocycles. The monoisotopic (exact) mass is 531 g/mol.